The van der Waals surface area contributed by atoms with Crippen LogP contribution < -0.4 is 5.32 Å². The smallest absolute Gasteiger partial charge is 0.290 e. The van der Waals surface area contributed by atoms with Gasteiger partial charge in [-0.1, -0.05) is 0 Å². The molecular weight excluding hydrogens is 234 g/mol. The molecule has 2 aromatic heterocycles. The summed E-state index contributed by atoms with van der Waals surface area (Å²) in [5, 5.41) is 17.8. The van der Waals surface area contributed by atoms with Crippen LogP contribution >= 0.6 is 0 Å². The largest absolute Gasteiger partial charge is 0.364 e. The van der Waals surface area contributed by atoms with Crippen molar-refractivity contribution in [2.45, 2.75) is 13.5 Å². The maximum absolute atomic E-state index is 10.7. The summed E-state index contributed by atoms with van der Waals surface area (Å²) in [5.74, 6) is 0.610. The molecule has 2 rings (SSSR count). The molecule has 0 bridgehead atoms. The van der Waals surface area contributed by atoms with Crippen LogP contribution in [0.2, 0.25) is 0 Å². The highest BCUT2D eigenvalue weighted by Gasteiger charge is 2.11. The number of nitro groups is 1. The Balaban J connectivity index is 2.09. The van der Waals surface area contributed by atoms with Crippen LogP contribution in [0.5, 0.6) is 0 Å². The lowest BCUT2D eigenvalue weighted by molar-refractivity contribution is -0.385. The van der Waals surface area contributed by atoms with Crippen molar-refractivity contribution >= 4 is 11.5 Å². The molecule has 0 saturated heterocycles. The summed E-state index contributed by atoms with van der Waals surface area (Å²) in [7, 11) is 1.85. The lowest BCUT2D eigenvalue weighted by Gasteiger charge is -2.06. The molecule has 1 N–H and O–H groups in total. The van der Waals surface area contributed by atoms with Gasteiger partial charge >= 0.3 is 0 Å². The van der Waals surface area contributed by atoms with Gasteiger partial charge in [-0.15, -0.1) is 0 Å². The van der Waals surface area contributed by atoms with Crippen molar-refractivity contribution in [3.8, 4) is 0 Å². The number of nitrogens with zero attached hydrogens (tertiary/aromatic N) is 4. The quantitative estimate of drug-likeness (QED) is 0.655. The third-order valence-corrected chi connectivity index (χ3v) is 2.63. The summed E-state index contributed by atoms with van der Waals surface area (Å²) < 4.78 is 1.76. The Kier molecular flexibility index (Phi) is 3.22. The van der Waals surface area contributed by atoms with Gasteiger partial charge in [-0.25, -0.2) is 4.98 Å². The first kappa shape index (κ1) is 12.0. The highest BCUT2D eigenvalue weighted by molar-refractivity contribution is 5.44. The monoisotopic (exact) mass is 247 g/mol. The average Bonchev–Trinajstić information content (AvgIpc) is 2.72. The van der Waals surface area contributed by atoms with Gasteiger partial charge in [0.25, 0.3) is 5.69 Å². The first-order valence-electron chi connectivity index (χ1n) is 5.40. The summed E-state index contributed by atoms with van der Waals surface area (Å²) in [6, 6.07) is 4.95. The first-order valence-corrected chi connectivity index (χ1v) is 5.40. The van der Waals surface area contributed by atoms with Gasteiger partial charge in [0, 0.05) is 19.3 Å². The van der Waals surface area contributed by atoms with Gasteiger partial charge in [0.2, 0.25) is 0 Å². The summed E-state index contributed by atoms with van der Waals surface area (Å²) in [5.41, 5.74) is 1.43. The van der Waals surface area contributed by atoms with Crippen molar-refractivity contribution in [1.29, 1.82) is 0 Å². The Morgan fingerprint density at radius 2 is 2.22 bits per heavy atom. The van der Waals surface area contributed by atoms with Crippen LogP contribution in [0.1, 0.15) is 11.4 Å². The van der Waals surface area contributed by atoms with Crippen LogP contribution in [0, 0.1) is 17.0 Å². The second-order valence-corrected chi connectivity index (χ2v) is 3.86. The Hall–Kier alpha value is -2.44. The molecule has 0 aliphatic rings. The maximum atomic E-state index is 10.7. The van der Waals surface area contributed by atoms with Crippen LogP contribution in [-0.4, -0.2) is 19.7 Å². The molecule has 0 amide bonds. The summed E-state index contributed by atoms with van der Waals surface area (Å²) >= 11 is 0. The molecule has 2 aromatic rings. The third kappa shape index (κ3) is 2.45. The second kappa shape index (κ2) is 4.82. The van der Waals surface area contributed by atoms with Gasteiger partial charge in [0.15, 0.2) is 0 Å². The van der Waals surface area contributed by atoms with E-state index in [0.717, 1.165) is 5.69 Å². The highest BCUT2D eigenvalue weighted by atomic mass is 16.6. The fourth-order valence-electron chi connectivity index (χ4n) is 1.60. The molecule has 7 nitrogen and oxygen atoms in total. The summed E-state index contributed by atoms with van der Waals surface area (Å²) in [6.07, 6.45) is 1.71. The fraction of sp³-hybridized carbons (Fsp3) is 0.273. The van der Waals surface area contributed by atoms with E-state index in [0.29, 0.717) is 18.1 Å². The molecule has 18 heavy (non-hydrogen) atoms. The van der Waals surface area contributed by atoms with Crippen molar-refractivity contribution < 1.29 is 4.92 Å². The van der Waals surface area contributed by atoms with E-state index in [4.69, 9.17) is 0 Å². The van der Waals surface area contributed by atoms with Crippen molar-refractivity contribution in [1.82, 2.24) is 14.8 Å². The maximum Gasteiger partial charge on any atom is 0.290 e. The molecule has 7 heteroatoms. The lowest BCUT2D eigenvalue weighted by atomic mass is 10.3. The van der Waals surface area contributed by atoms with E-state index < -0.39 is 4.92 Å². The molecule has 0 aliphatic heterocycles. The van der Waals surface area contributed by atoms with E-state index >= 15 is 0 Å². The van der Waals surface area contributed by atoms with Crippen LogP contribution in [0.15, 0.2) is 24.4 Å². The zero-order valence-electron chi connectivity index (χ0n) is 10.1. The summed E-state index contributed by atoms with van der Waals surface area (Å²) in [4.78, 5) is 14.4. The zero-order chi connectivity index (χ0) is 13.1. The molecule has 0 fully saturated rings. The van der Waals surface area contributed by atoms with Gasteiger partial charge < -0.3 is 5.32 Å². The topological polar surface area (TPSA) is 85.9 Å². The van der Waals surface area contributed by atoms with E-state index in [1.54, 1.807) is 23.9 Å². The molecule has 0 spiro atoms. The number of rotatable bonds is 4. The zero-order valence-corrected chi connectivity index (χ0v) is 10.1. The molecule has 0 radical (unpaired) electrons. The number of hydrogen-bond acceptors (Lipinski definition) is 5. The lowest BCUT2D eigenvalue weighted by Crippen LogP contribution is -2.07. The van der Waals surface area contributed by atoms with E-state index in [1.165, 1.54) is 6.07 Å². The standard InChI is InChI=1S/C11H13N5O2/c1-8-10(16(17)18)3-4-11(14-8)12-7-9-5-6-13-15(9)2/h3-6H,7H2,1-2H3,(H,12,14). The Labute approximate surface area is 104 Å². The van der Waals surface area contributed by atoms with Gasteiger partial charge in [0.1, 0.15) is 11.5 Å². The van der Waals surface area contributed by atoms with Crippen LogP contribution in [0.25, 0.3) is 0 Å². The normalized spacial score (nSPS) is 10.3. The molecular formula is C11H13N5O2. The third-order valence-electron chi connectivity index (χ3n) is 2.63. The Bertz CT molecular complexity index is 579. The number of aryl methyl sites for hydroxylation is 2. The molecule has 94 valence electrons. The van der Waals surface area contributed by atoms with E-state index in [1.807, 2.05) is 13.1 Å². The van der Waals surface area contributed by atoms with Crippen LogP contribution in [-0.2, 0) is 13.6 Å². The number of pyridine rings is 1. The number of hydrogen-bond donors (Lipinski definition) is 1. The van der Waals surface area contributed by atoms with Gasteiger partial charge in [-0.05, 0) is 19.1 Å². The minimum absolute atomic E-state index is 0.0288. The van der Waals surface area contributed by atoms with Crippen LogP contribution in [0.4, 0.5) is 11.5 Å². The number of nitrogens with one attached hydrogen (secondary N) is 1. The van der Waals surface area contributed by atoms with Crippen LogP contribution in [0.3, 0.4) is 0 Å². The van der Waals surface area contributed by atoms with E-state index in [9.17, 15) is 10.1 Å². The minimum atomic E-state index is -0.437. The highest BCUT2D eigenvalue weighted by Crippen LogP contribution is 2.18. The number of aromatic nitrogens is 3. The van der Waals surface area contributed by atoms with Crippen molar-refractivity contribution in [2.24, 2.45) is 7.05 Å². The molecule has 0 aromatic carbocycles. The molecule has 0 saturated carbocycles. The van der Waals surface area contributed by atoms with Gasteiger partial charge in [-0.2, -0.15) is 5.10 Å². The second-order valence-electron chi connectivity index (χ2n) is 3.86. The SMILES string of the molecule is Cc1nc(NCc2ccnn2C)ccc1[N+](=O)[O-]. The minimum Gasteiger partial charge on any atom is -0.364 e. The predicted molar refractivity (Wildman–Crippen MR) is 66.2 cm³/mol. The first-order chi connectivity index (χ1) is 8.58. The van der Waals surface area contributed by atoms with E-state index in [-0.39, 0.29) is 5.69 Å². The summed E-state index contributed by atoms with van der Waals surface area (Å²) in [6.45, 7) is 2.19. The number of anilines is 1. The molecule has 0 aliphatic carbocycles. The molecule has 0 atom stereocenters. The van der Waals surface area contributed by atoms with Gasteiger partial charge in [-0.3, -0.25) is 14.8 Å². The van der Waals surface area contributed by atoms with Crippen molar-refractivity contribution in [3.05, 3.63) is 45.9 Å². The van der Waals surface area contributed by atoms with Gasteiger partial charge in [0.05, 0.1) is 17.2 Å². The van der Waals surface area contributed by atoms with Crippen molar-refractivity contribution in [2.75, 3.05) is 5.32 Å². The average molecular weight is 247 g/mol. The molecule has 0 unspecified atom stereocenters. The fourth-order valence-corrected chi connectivity index (χ4v) is 1.60. The molecule has 2 heterocycles. The van der Waals surface area contributed by atoms with Crippen molar-refractivity contribution in [3.63, 3.8) is 0 Å². The Morgan fingerprint density at radius 3 is 2.78 bits per heavy atom. The Morgan fingerprint density at radius 1 is 1.44 bits per heavy atom. The van der Waals surface area contributed by atoms with E-state index in [2.05, 4.69) is 15.4 Å². The predicted octanol–water partition coefficient (Wildman–Crippen LogP) is 1.64.